The summed E-state index contributed by atoms with van der Waals surface area (Å²) in [5.74, 6) is 0.607. The molecule has 0 N–H and O–H groups in total. The molecule has 0 unspecified atom stereocenters. The van der Waals surface area contributed by atoms with E-state index in [2.05, 4.69) is 55.1 Å². The van der Waals surface area contributed by atoms with Gasteiger partial charge in [-0.05, 0) is 78.4 Å². The maximum absolute atomic E-state index is 11.3. The quantitative estimate of drug-likeness (QED) is 0.201. The Balaban J connectivity index is 1.42. The van der Waals surface area contributed by atoms with Crippen LogP contribution in [0.2, 0.25) is 0 Å². The molecule has 3 aromatic carbocycles. The van der Waals surface area contributed by atoms with Crippen LogP contribution in [0.1, 0.15) is 32.6 Å². The number of esters is 1. The molecular formula is C24H26O3. The Labute approximate surface area is 160 Å². The van der Waals surface area contributed by atoms with Crippen molar-refractivity contribution >= 4 is 27.5 Å². The van der Waals surface area contributed by atoms with Crippen molar-refractivity contribution < 1.29 is 14.3 Å². The first-order valence-electron chi connectivity index (χ1n) is 9.51. The lowest BCUT2D eigenvalue weighted by Gasteiger charge is -2.08. The van der Waals surface area contributed by atoms with Gasteiger partial charge in [0.1, 0.15) is 5.75 Å². The van der Waals surface area contributed by atoms with Crippen molar-refractivity contribution in [3.63, 3.8) is 0 Å². The summed E-state index contributed by atoms with van der Waals surface area (Å²) >= 11 is 0. The van der Waals surface area contributed by atoms with Crippen molar-refractivity contribution in [2.45, 2.75) is 32.6 Å². The van der Waals surface area contributed by atoms with Crippen molar-refractivity contribution in [1.82, 2.24) is 0 Å². The predicted octanol–water partition coefficient (Wildman–Crippen LogP) is 6.05. The Bertz CT molecular complexity index is 943. The number of carbonyl (C=O) groups excluding carboxylic acids is 1. The van der Waals surface area contributed by atoms with E-state index in [0.717, 1.165) is 31.4 Å². The van der Waals surface area contributed by atoms with Gasteiger partial charge in [-0.1, -0.05) is 36.9 Å². The van der Waals surface area contributed by atoms with Gasteiger partial charge in [0.25, 0.3) is 0 Å². The monoisotopic (exact) mass is 362 g/mol. The fraction of sp³-hybridized carbons (Fsp3) is 0.292. The minimum Gasteiger partial charge on any atom is -0.494 e. The third-order valence-corrected chi connectivity index (χ3v) is 4.57. The fourth-order valence-corrected chi connectivity index (χ4v) is 3.04. The number of rotatable bonds is 9. The Kier molecular flexibility index (Phi) is 6.48. The van der Waals surface area contributed by atoms with Crippen LogP contribution in [-0.4, -0.2) is 19.2 Å². The summed E-state index contributed by atoms with van der Waals surface area (Å²) in [5, 5.41) is 4.93. The second-order valence-corrected chi connectivity index (χ2v) is 6.89. The first kappa shape index (κ1) is 19.0. The molecule has 0 amide bonds. The molecule has 0 spiro atoms. The highest BCUT2D eigenvalue weighted by molar-refractivity contribution is 5.98. The summed E-state index contributed by atoms with van der Waals surface area (Å²) in [6.07, 6.45) is 3.95. The molecule has 0 radical (unpaired) electrons. The van der Waals surface area contributed by atoms with Crippen LogP contribution in [0.15, 0.2) is 66.7 Å². The molecule has 0 bridgehead atoms. The van der Waals surface area contributed by atoms with Crippen molar-refractivity contribution in [1.29, 1.82) is 0 Å². The van der Waals surface area contributed by atoms with Gasteiger partial charge in [0.15, 0.2) is 0 Å². The molecule has 0 fully saturated rings. The topological polar surface area (TPSA) is 35.5 Å². The first-order chi connectivity index (χ1) is 13.1. The third kappa shape index (κ3) is 5.33. The van der Waals surface area contributed by atoms with Gasteiger partial charge in [0, 0.05) is 5.57 Å². The maximum Gasteiger partial charge on any atom is 0.333 e. The molecule has 0 aliphatic carbocycles. The molecule has 0 aliphatic rings. The Morgan fingerprint density at radius 1 is 0.815 bits per heavy atom. The predicted molar refractivity (Wildman–Crippen MR) is 111 cm³/mol. The third-order valence-electron chi connectivity index (χ3n) is 4.57. The largest absolute Gasteiger partial charge is 0.494 e. The van der Waals surface area contributed by atoms with E-state index in [1.54, 1.807) is 6.92 Å². The van der Waals surface area contributed by atoms with Gasteiger partial charge in [-0.15, -0.1) is 0 Å². The van der Waals surface area contributed by atoms with Gasteiger partial charge in [-0.3, -0.25) is 0 Å². The summed E-state index contributed by atoms with van der Waals surface area (Å²) < 4.78 is 11.0. The van der Waals surface area contributed by atoms with Crippen LogP contribution in [0.4, 0.5) is 0 Å². The average molecular weight is 362 g/mol. The molecular weight excluding hydrogens is 336 g/mol. The van der Waals surface area contributed by atoms with Crippen LogP contribution in [-0.2, 0) is 9.53 Å². The summed E-state index contributed by atoms with van der Waals surface area (Å²) in [6, 6.07) is 19.1. The standard InChI is InChI=1S/C24H26O3/c1-18(2)24(25)27-14-8-4-3-7-13-26-23-12-11-21-15-19-9-5-6-10-20(19)16-22(21)17-23/h5-6,9-12,15-17H,1,3-4,7-8,13-14H2,2H3. The highest BCUT2D eigenvalue weighted by atomic mass is 16.5. The van der Waals surface area contributed by atoms with Crippen molar-refractivity contribution in [2.75, 3.05) is 13.2 Å². The molecule has 0 heterocycles. The van der Waals surface area contributed by atoms with Crippen LogP contribution in [0.5, 0.6) is 5.75 Å². The second kappa shape index (κ2) is 9.22. The van der Waals surface area contributed by atoms with Gasteiger partial charge in [-0.2, -0.15) is 0 Å². The Morgan fingerprint density at radius 3 is 2.15 bits per heavy atom. The maximum atomic E-state index is 11.3. The van der Waals surface area contributed by atoms with E-state index in [1.807, 2.05) is 6.07 Å². The molecule has 27 heavy (non-hydrogen) atoms. The first-order valence-corrected chi connectivity index (χ1v) is 9.51. The van der Waals surface area contributed by atoms with Crippen LogP contribution < -0.4 is 4.74 Å². The summed E-state index contributed by atoms with van der Waals surface area (Å²) in [6.45, 7) is 6.39. The lowest BCUT2D eigenvalue weighted by Crippen LogP contribution is -2.06. The van der Waals surface area contributed by atoms with Crippen molar-refractivity contribution in [3.8, 4) is 5.75 Å². The van der Waals surface area contributed by atoms with E-state index in [1.165, 1.54) is 21.5 Å². The van der Waals surface area contributed by atoms with E-state index in [9.17, 15) is 4.79 Å². The minimum atomic E-state index is -0.303. The summed E-state index contributed by atoms with van der Waals surface area (Å²) in [5.41, 5.74) is 0.451. The number of hydrogen-bond donors (Lipinski definition) is 0. The van der Waals surface area contributed by atoms with Crippen LogP contribution >= 0.6 is 0 Å². The molecule has 3 nitrogen and oxygen atoms in total. The number of fused-ring (bicyclic) bond motifs is 2. The van der Waals surface area contributed by atoms with Gasteiger partial charge in [0.05, 0.1) is 13.2 Å². The number of benzene rings is 3. The van der Waals surface area contributed by atoms with Gasteiger partial charge >= 0.3 is 5.97 Å². The molecule has 3 heteroatoms. The summed E-state index contributed by atoms with van der Waals surface area (Å²) in [4.78, 5) is 11.3. The molecule has 3 rings (SSSR count). The number of ether oxygens (including phenoxy) is 2. The van der Waals surface area contributed by atoms with E-state index >= 15 is 0 Å². The number of unbranched alkanes of at least 4 members (excludes halogenated alkanes) is 3. The summed E-state index contributed by atoms with van der Waals surface area (Å²) in [7, 11) is 0. The zero-order chi connectivity index (χ0) is 19.1. The molecule has 0 aromatic heterocycles. The van der Waals surface area contributed by atoms with E-state index in [0.29, 0.717) is 18.8 Å². The van der Waals surface area contributed by atoms with Gasteiger partial charge in [-0.25, -0.2) is 4.79 Å². The van der Waals surface area contributed by atoms with E-state index < -0.39 is 0 Å². The van der Waals surface area contributed by atoms with Crippen LogP contribution in [0, 0.1) is 0 Å². The second-order valence-electron chi connectivity index (χ2n) is 6.89. The molecule has 0 atom stereocenters. The van der Waals surface area contributed by atoms with Crippen LogP contribution in [0.3, 0.4) is 0 Å². The lowest BCUT2D eigenvalue weighted by atomic mass is 10.0. The smallest absolute Gasteiger partial charge is 0.333 e. The lowest BCUT2D eigenvalue weighted by molar-refractivity contribution is -0.139. The fourth-order valence-electron chi connectivity index (χ4n) is 3.04. The zero-order valence-corrected chi connectivity index (χ0v) is 15.9. The normalized spacial score (nSPS) is 10.9. The highest BCUT2D eigenvalue weighted by Crippen LogP contribution is 2.26. The molecule has 3 aromatic rings. The zero-order valence-electron chi connectivity index (χ0n) is 15.9. The van der Waals surface area contributed by atoms with Crippen molar-refractivity contribution in [2.24, 2.45) is 0 Å². The molecule has 140 valence electrons. The highest BCUT2D eigenvalue weighted by Gasteiger charge is 2.03. The van der Waals surface area contributed by atoms with Crippen LogP contribution in [0.25, 0.3) is 21.5 Å². The molecule has 0 saturated carbocycles. The van der Waals surface area contributed by atoms with E-state index in [4.69, 9.17) is 9.47 Å². The molecule has 0 saturated heterocycles. The average Bonchev–Trinajstić information content (AvgIpc) is 2.68. The van der Waals surface area contributed by atoms with Crippen molar-refractivity contribution in [3.05, 3.63) is 66.7 Å². The minimum absolute atomic E-state index is 0.303. The number of hydrogen-bond acceptors (Lipinski definition) is 3. The van der Waals surface area contributed by atoms with Gasteiger partial charge < -0.3 is 9.47 Å². The van der Waals surface area contributed by atoms with E-state index in [-0.39, 0.29) is 5.97 Å². The molecule has 0 aliphatic heterocycles. The SMILES string of the molecule is C=C(C)C(=O)OCCCCCCOc1ccc2cc3ccccc3cc2c1. The van der Waals surface area contributed by atoms with Gasteiger partial charge in [0.2, 0.25) is 0 Å². The number of carbonyl (C=O) groups is 1. The Morgan fingerprint density at radius 2 is 1.44 bits per heavy atom. The Hall–Kier alpha value is -2.81.